The first-order chi connectivity index (χ1) is 6.31. The molecule has 0 spiro atoms. The van der Waals surface area contributed by atoms with Crippen LogP contribution in [0.2, 0.25) is 0 Å². The van der Waals surface area contributed by atoms with Crippen LogP contribution < -0.4 is 5.73 Å². The van der Waals surface area contributed by atoms with Crippen molar-refractivity contribution in [3.05, 3.63) is 35.8 Å². The fraction of sp³-hybridized carbons (Fsp3) is 0.200. The highest BCUT2D eigenvalue weighted by atomic mass is 19.1. The summed E-state index contributed by atoms with van der Waals surface area (Å²) in [5.74, 6) is -0.243. The molecule has 2 rings (SSSR count). The molecule has 0 saturated carbocycles. The van der Waals surface area contributed by atoms with Gasteiger partial charge < -0.3 is 10.2 Å². The first-order valence-corrected chi connectivity index (χ1v) is 4.17. The van der Waals surface area contributed by atoms with Crippen LogP contribution in [-0.2, 0) is 6.42 Å². The predicted octanol–water partition coefficient (Wildman–Crippen LogP) is 2.07. The lowest BCUT2D eigenvalue weighted by atomic mass is 10.1. The predicted molar refractivity (Wildman–Crippen MR) is 48.9 cm³/mol. The third kappa shape index (κ3) is 1.42. The Labute approximate surface area is 75.1 Å². The summed E-state index contributed by atoms with van der Waals surface area (Å²) in [7, 11) is 0. The Morgan fingerprint density at radius 3 is 3.00 bits per heavy atom. The SMILES string of the molecule is NCCc1coc2ccc(F)cc12. The van der Waals surface area contributed by atoms with E-state index in [1.807, 2.05) is 0 Å². The van der Waals surface area contributed by atoms with Gasteiger partial charge in [-0.25, -0.2) is 4.39 Å². The molecule has 1 heterocycles. The van der Waals surface area contributed by atoms with Crippen molar-refractivity contribution >= 4 is 11.0 Å². The summed E-state index contributed by atoms with van der Waals surface area (Å²) in [5, 5.41) is 0.824. The molecule has 13 heavy (non-hydrogen) atoms. The molecular formula is C10H10FNO. The number of halogens is 1. The third-order valence-electron chi connectivity index (χ3n) is 2.03. The molecule has 0 aliphatic rings. The Bertz CT molecular complexity index is 422. The summed E-state index contributed by atoms with van der Waals surface area (Å²) >= 11 is 0. The molecule has 2 aromatic rings. The van der Waals surface area contributed by atoms with Gasteiger partial charge in [0.15, 0.2) is 0 Å². The summed E-state index contributed by atoms with van der Waals surface area (Å²) in [6.07, 6.45) is 2.35. The van der Waals surface area contributed by atoms with Gasteiger partial charge >= 0.3 is 0 Å². The van der Waals surface area contributed by atoms with E-state index in [0.29, 0.717) is 12.1 Å². The maximum absolute atomic E-state index is 12.9. The van der Waals surface area contributed by atoms with Crippen LogP contribution in [0.1, 0.15) is 5.56 Å². The summed E-state index contributed by atoms with van der Waals surface area (Å²) in [5.41, 5.74) is 7.10. The fourth-order valence-electron chi connectivity index (χ4n) is 1.40. The van der Waals surface area contributed by atoms with E-state index in [0.717, 1.165) is 17.4 Å². The van der Waals surface area contributed by atoms with Gasteiger partial charge in [-0.2, -0.15) is 0 Å². The van der Waals surface area contributed by atoms with E-state index in [1.165, 1.54) is 12.1 Å². The summed E-state index contributed by atoms with van der Waals surface area (Å²) < 4.78 is 18.1. The van der Waals surface area contributed by atoms with Gasteiger partial charge in [0, 0.05) is 5.39 Å². The van der Waals surface area contributed by atoms with Crippen molar-refractivity contribution in [2.45, 2.75) is 6.42 Å². The van der Waals surface area contributed by atoms with E-state index in [1.54, 1.807) is 12.3 Å². The van der Waals surface area contributed by atoms with Crippen molar-refractivity contribution < 1.29 is 8.81 Å². The van der Waals surface area contributed by atoms with Crippen LogP contribution in [-0.4, -0.2) is 6.54 Å². The van der Waals surface area contributed by atoms with Crippen molar-refractivity contribution in [1.29, 1.82) is 0 Å². The quantitative estimate of drug-likeness (QED) is 0.766. The van der Waals surface area contributed by atoms with Crippen LogP contribution >= 0.6 is 0 Å². The first-order valence-electron chi connectivity index (χ1n) is 4.17. The molecule has 0 bridgehead atoms. The Balaban J connectivity index is 2.58. The zero-order valence-electron chi connectivity index (χ0n) is 7.09. The second-order valence-electron chi connectivity index (χ2n) is 2.94. The van der Waals surface area contributed by atoms with Crippen molar-refractivity contribution in [1.82, 2.24) is 0 Å². The number of fused-ring (bicyclic) bond motifs is 1. The second kappa shape index (κ2) is 3.18. The molecule has 0 aliphatic heterocycles. The minimum absolute atomic E-state index is 0.243. The number of nitrogens with two attached hydrogens (primary N) is 1. The van der Waals surface area contributed by atoms with Gasteiger partial charge in [0.1, 0.15) is 11.4 Å². The molecule has 3 heteroatoms. The van der Waals surface area contributed by atoms with Gasteiger partial charge in [-0.3, -0.25) is 0 Å². The molecule has 0 radical (unpaired) electrons. The molecule has 0 fully saturated rings. The average molecular weight is 179 g/mol. The maximum Gasteiger partial charge on any atom is 0.134 e. The zero-order chi connectivity index (χ0) is 9.26. The van der Waals surface area contributed by atoms with Gasteiger partial charge in [-0.15, -0.1) is 0 Å². The molecule has 2 N–H and O–H groups in total. The Morgan fingerprint density at radius 1 is 1.38 bits per heavy atom. The van der Waals surface area contributed by atoms with Gasteiger partial charge in [-0.05, 0) is 36.7 Å². The van der Waals surface area contributed by atoms with Gasteiger partial charge in [0.2, 0.25) is 0 Å². The lowest BCUT2D eigenvalue weighted by Gasteiger charge is -1.93. The maximum atomic E-state index is 12.9. The van der Waals surface area contributed by atoms with E-state index in [4.69, 9.17) is 10.2 Å². The van der Waals surface area contributed by atoms with Crippen LogP contribution in [0.5, 0.6) is 0 Å². The highest BCUT2D eigenvalue weighted by Gasteiger charge is 2.05. The van der Waals surface area contributed by atoms with Crippen molar-refractivity contribution in [3.63, 3.8) is 0 Å². The second-order valence-corrected chi connectivity index (χ2v) is 2.94. The van der Waals surface area contributed by atoms with Gasteiger partial charge in [-0.1, -0.05) is 0 Å². The minimum atomic E-state index is -0.243. The zero-order valence-corrected chi connectivity index (χ0v) is 7.09. The number of hydrogen-bond donors (Lipinski definition) is 1. The topological polar surface area (TPSA) is 39.2 Å². The average Bonchev–Trinajstić information content (AvgIpc) is 2.49. The Kier molecular flexibility index (Phi) is 2.02. The molecule has 0 unspecified atom stereocenters. The highest BCUT2D eigenvalue weighted by molar-refractivity contribution is 5.81. The molecule has 2 nitrogen and oxygen atoms in total. The minimum Gasteiger partial charge on any atom is -0.464 e. The molecule has 0 amide bonds. The van der Waals surface area contributed by atoms with E-state index >= 15 is 0 Å². The first kappa shape index (κ1) is 8.26. The van der Waals surface area contributed by atoms with E-state index in [9.17, 15) is 4.39 Å². The van der Waals surface area contributed by atoms with E-state index < -0.39 is 0 Å². The number of rotatable bonds is 2. The van der Waals surface area contributed by atoms with E-state index in [2.05, 4.69) is 0 Å². The van der Waals surface area contributed by atoms with Crippen molar-refractivity contribution in [2.24, 2.45) is 5.73 Å². The molecule has 0 aliphatic carbocycles. The Hall–Kier alpha value is -1.35. The molecule has 1 aromatic carbocycles. The van der Waals surface area contributed by atoms with Crippen molar-refractivity contribution in [2.75, 3.05) is 6.54 Å². The van der Waals surface area contributed by atoms with Crippen LogP contribution in [0, 0.1) is 5.82 Å². The van der Waals surface area contributed by atoms with E-state index in [-0.39, 0.29) is 5.82 Å². The summed E-state index contributed by atoms with van der Waals surface area (Å²) in [4.78, 5) is 0. The summed E-state index contributed by atoms with van der Waals surface area (Å²) in [6.45, 7) is 0.547. The van der Waals surface area contributed by atoms with Crippen LogP contribution in [0.25, 0.3) is 11.0 Å². The van der Waals surface area contributed by atoms with Gasteiger partial charge in [0.25, 0.3) is 0 Å². The number of benzene rings is 1. The lowest BCUT2D eigenvalue weighted by Crippen LogP contribution is -2.01. The molecule has 0 saturated heterocycles. The van der Waals surface area contributed by atoms with Crippen molar-refractivity contribution in [3.8, 4) is 0 Å². The molecule has 1 aromatic heterocycles. The standard InChI is InChI=1S/C10H10FNO/c11-8-1-2-10-9(5-8)7(3-4-12)6-13-10/h1-2,5-6H,3-4,12H2. The normalized spacial score (nSPS) is 10.9. The largest absolute Gasteiger partial charge is 0.464 e. The smallest absolute Gasteiger partial charge is 0.134 e. The van der Waals surface area contributed by atoms with Crippen LogP contribution in [0.4, 0.5) is 4.39 Å². The molecule has 68 valence electrons. The van der Waals surface area contributed by atoms with Crippen LogP contribution in [0.3, 0.4) is 0 Å². The monoisotopic (exact) mass is 179 g/mol. The fourth-order valence-corrected chi connectivity index (χ4v) is 1.40. The third-order valence-corrected chi connectivity index (χ3v) is 2.03. The van der Waals surface area contributed by atoms with Gasteiger partial charge in [0.05, 0.1) is 6.26 Å². The summed E-state index contributed by atoms with van der Waals surface area (Å²) in [6, 6.07) is 4.49. The lowest BCUT2D eigenvalue weighted by molar-refractivity contribution is 0.606. The van der Waals surface area contributed by atoms with Crippen LogP contribution in [0.15, 0.2) is 28.9 Å². The number of hydrogen-bond acceptors (Lipinski definition) is 2. The number of furan rings is 1. The highest BCUT2D eigenvalue weighted by Crippen LogP contribution is 2.21. The molecule has 0 atom stereocenters. The molecular weight excluding hydrogens is 169 g/mol. The Morgan fingerprint density at radius 2 is 2.23 bits per heavy atom.